The molecule has 8 nitrogen and oxygen atoms in total. The van der Waals surface area contributed by atoms with Crippen molar-refractivity contribution in [2.75, 3.05) is 5.32 Å². The Morgan fingerprint density at radius 2 is 2.24 bits per heavy atom. The molecule has 1 aromatic heterocycles. The normalized spacial score (nSPS) is 9.90. The van der Waals surface area contributed by atoms with Gasteiger partial charge in [0.05, 0.1) is 17.4 Å². The van der Waals surface area contributed by atoms with Crippen molar-refractivity contribution in [3.05, 3.63) is 40.1 Å². The lowest BCUT2D eigenvalue weighted by Crippen LogP contribution is -2.19. The summed E-state index contributed by atoms with van der Waals surface area (Å²) in [5, 5.41) is 27.2. The average molecular weight is 350 g/mol. The molecule has 1 heterocycles. The summed E-state index contributed by atoms with van der Waals surface area (Å²) in [5.74, 6) is -1.67. The Hall–Kier alpha value is -2.73. The molecule has 2 aromatic rings. The molecule has 0 aliphatic carbocycles. The molecule has 0 unspecified atom stereocenters. The van der Waals surface area contributed by atoms with Gasteiger partial charge in [0.15, 0.2) is 5.69 Å². The van der Waals surface area contributed by atoms with Crippen LogP contribution >= 0.6 is 15.9 Å². The average Bonchev–Trinajstić information content (AvgIpc) is 2.87. The maximum atomic E-state index is 11.9. The molecule has 0 bridgehead atoms. The predicted octanol–water partition coefficient (Wildman–Crippen LogP) is 1.25. The maximum Gasteiger partial charge on any atom is 0.358 e. The molecule has 1 aromatic carbocycles. The van der Waals surface area contributed by atoms with Crippen molar-refractivity contribution in [2.24, 2.45) is 0 Å². The number of anilines is 1. The molecule has 2 N–H and O–H groups in total. The third-order valence-electron chi connectivity index (χ3n) is 2.44. The Morgan fingerprint density at radius 3 is 2.86 bits per heavy atom. The van der Waals surface area contributed by atoms with E-state index in [9.17, 15) is 9.59 Å². The van der Waals surface area contributed by atoms with E-state index in [4.69, 9.17) is 10.4 Å². The molecular formula is C12H8BrN5O3. The minimum atomic E-state index is -1.22. The molecule has 0 spiro atoms. The van der Waals surface area contributed by atoms with E-state index in [0.717, 1.165) is 10.9 Å². The van der Waals surface area contributed by atoms with Crippen LogP contribution in [0.15, 0.2) is 28.9 Å². The Morgan fingerprint density at radius 1 is 1.48 bits per heavy atom. The number of halogens is 1. The number of carbonyl (C=O) groups excluding carboxylic acids is 1. The Labute approximate surface area is 127 Å². The van der Waals surface area contributed by atoms with Gasteiger partial charge >= 0.3 is 5.97 Å². The summed E-state index contributed by atoms with van der Waals surface area (Å²) in [6.07, 6.45) is 1.15. The highest BCUT2D eigenvalue weighted by molar-refractivity contribution is 9.10. The van der Waals surface area contributed by atoms with Crippen molar-refractivity contribution >= 4 is 33.5 Å². The van der Waals surface area contributed by atoms with Gasteiger partial charge in [0, 0.05) is 4.47 Å². The smallest absolute Gasteiger partial charge is 0.358 e. The molecule has 9 heteroatoms. The first-order valence-corrected chi connectivity index (χ1v) is 6.42. The monoisotopic (exact) mass is 349 g/mol. The summed E-state index contributed by atoms with van der Waals surface area (Å²) in [7, 11) is 0. The summed E-state index contributed by atoms with van der Waals surface area (Å²) in [5.41, 5.74) is 0.426. The van der Waals surface area contributed by atoms with Gasteiger partial charge < -0.3 is 10.4 Å². The first kappa shape index (κ1) is 14.7. The fourth-order valence-corrected chi connectivity index (χ4v) is 1.89. The number of rotatable bonds is 4. The van der Waals surface area contributed by atoms with E-state index in [-0.39, 0.29) is 12.2 Å². The molecule has 21 heavy (non-hydrogen) atoms. The number of carboxylic acids is 1. The van der Waals surface area contributed by atoms with Crippen molar-refractivity contribution in [1.29, 1.82) is 5.26 Å². The lowest BCUT2D eigenvalue weighted by atomic mass is 10.2. The Kier molecular flexibility index (Phi) is 4.30. The Bertz CT molecular complexity index is 750. The molecule has 2 rings (SSSR count). The second kappa shape index (κ2) is 6.15. The number of aromatic carboxylic acids is 1. The fraction of sp³-hybridized carbons (Fsp3) is 0.0833. The lowest BCUT2D eigenvalue weighted by Gasteiger charge is -2.07. The molecule has 0 aliphatic rings. The lowest BCUT2D eigenvalue weighted by molar-refractivity contribution is -0.116. The zero-order valence-corrected chi connectivity index (χ0v) is 12.0. The number of nitriles is 1. The fourth-order valence-electron chi connectivity index (χ4n) is 1.53. The van der Waals surface area contributed by atoms with Crippen molar-refractivity contribution in [2.45, 2.75) is 6.54 Å². The topological polar surface area (TPSA) is 121 Å². The molecule has 0 aliphatic heterocycles. The number of nitrogens with one attached hydrogen (secondary N) is 1. The largest absolute Gasteiger partial charge is 0.476 e. The zero-order valence-electron chi connectivity index (χ0n) is 10.4. The second-order valence-corrected chi connectivity index (χ2v) is 4.87. The van der Waals surface area contributed by atoms with Crippen LogP contribution in [0.3, 0.4) is 0 Å². The zero-order chi connectivity index (χ0) is 15.4. The molecular weight excluding hydrogens is 342 g/mol. The summed E-state index contributed by atoms with van der Waals surface area (Å²) in [4.78, 5) is 22.5. The van der Waals surface area contributed by atoms with E-state index >= 15 is 0 Å². The van der Waals surface area contributed by atoms with E-state index < -0.39 is 11.9 Å². The summed E-state index contributed by atoms with van der Waals surface area (Å²) in [6.45, 7) is -0.211. The van der Waals surface area contributed by atoms with Crippen LogP contribution < -0.4 is 5.32 Å². The number of hydrogen-bond donors (Lipinski definition) is 2. The highest BCUT2D eigenvalue weighted by atomic mass is 79.9. The summed E-state index contributed by atoms with van der Waals surface area (Å²) in [6, 6.07) is 6.81. The molecule has 0 radical (unpaired) electrons. The van der Waals surface area contributed by atoms with E-state index in [0.29, 0.717) is 15.7 Å². The molecule has 0 atom stereocenters. The number of carbonyl (C=O) groups is 2. The van der Waals surface area contributed by atoms with Gasteiger partial charge in [-0.25, -0.2) is 9.48 Å². The quantitative estimate of drug-likeness (QED) is 0.856. The van der Waals surface area contributed by atoms with Crippen LogP contribution in [-0.4, -0.2) is 32.0 Å². The van der Waals surface area contributed by atoms with Crippen molar-refractivity contribution in [1.82, 2.24) is 15.0 Å². The van der Waals surface area contributed by atoms with Gasteiger partial charge in [-0.2, -0.15) is 5.26 Å². The van der Waals surface area contributed by atoms with Gasteiger partial charge in [0.25, 0.3) is 0 Å². The summed E-state index contributed by atoms with van der Waals surface area (Å²) < 4.78 is 1.81. The van der Waals surface area contributed by atoms with E-state index in [1.165, 1.54) is 0 Å². The van der Waals surface area contributed by atoms with Crippen molar-refractivity contribution in [3.63, 3.8) is 0 Å². The first-order chi connectivity index (χ1) is 9.99. The number of aromatic nitrogens is 3. The SMILES string of the molecule is N#Cc1ccc(Br)cc1NC(=O)Cn1cc(C(=O)O)nn1. The minimum absolute atomic E-state index is 0.211. The van der Waals surface area contributed by atoms with Crippen molar-refractivity contribution < 1.29 is 14.7 Å². The first-order valence-electron chi connectivity index (χ1n) is 5.62. The highest BCUT2D eigenvalue weighted by Crippen LogP contribution is 2.20. The van der Waals surface area contributed by atoms with Gasteiger partial charge in [0.2, 0.25) is 5.91 Å². The number of nitrogens with zero attached hydrogens (tertiary/aromatic N) is 4. The standard InChI is InChI=1S/C12H8BrN5O3/c13-8-2-1-7(4-14)9(3-8)15-11(19)6-18-5-10(12(20)21)16-17-18/h1-3,5H,6H2,(H,15,19)(H,20,21). The van der Waals surface area contributed by atoms with Crippen LogP contribution in [-0.2, 0) is 11.3 Å². The molecule has 0 saturated carbocycles. The summed E-state index contributed by atoms with van der Waals surface area (Å²) >= 11 is 3.25. The highest BCUT2D eigenvalue weighted by Gasteiger charge is 2.12. The molecule has 1 amide bonds. The van der Waals surface area contributed by atoms with Gasteiger partial charge in [-0.05, 0) is 18.2 Å². The van der Waals surface area contributed by atoms with Crippen LogP contribution in [0.4, 0.5) is 5.69 Å². The predicted molar refractivity (Wildman–Crippen MR) is 74.5 cm³/mol. The van der Waals surface area contributed by atoms with E-state index in [1.807, 2.05) is 6.07 Å². The maximum absolute atomic E-state index is 11.9. The third-order valence-corrected chi connectivity index (χ3v) is 2.93. The molecule has 106 valence electrons. The number of benzene rings is 1. The van der Waals surface area contributed by atoms with Crippen LogP contribution in [0.25, 0.3) is 0 Å². The molecule has 0 saturated heterocycles. The van der Waals surface area contributed by atoms with E-state index in [2.05, 4.69) is 31.6 Å². The van der Waals surface area contributed by atoms with Gasteiger partial charge in [-0.15, -0.1) is 5.10 Å². The number of amides is 1. The van der Waals surface area contributed by atoms with Gasteiger partial charge in [-0.1, -0.05) is 21.1 Å². The van der Waals surface area contributed by atoms with Crippen LogP contribution in [0.1, 0.15) is 16.1 Å². The van der Waals surface area contributed by atoms with Gasteiger partial charge in [0.1, 0.15) is 12.6 Å². The van der Waals surface area contributed by atoms with Gasteiger partial charge in [-0.3, -0.25) is 4.79 Å². The minimum Gasteiger partial charge on any atom is -0.476 e. The molecule has 0 fully saturated rings. The number of carboxylic acid groups (broad SMARTS) is 1. The van der Waals surface area contributed by atoms with Crippen molar-refractivity contribution in [3.8, 4) is 6.07 Å². The Balaban J connectivity index is 2.10. The van der Waals surface area contributed by atoms with Crippen LogP contribution in [0, 0.1) is 11.3 Å². The van der Waals surface area contributed by atoms with Crippen LogP contribution in [0.5, 0.6) is 0 Å². The second-order valence-electron chi connectivity index (χ2n) is 3.96. The third kappa shape index (κ3) is 3.64. The van der Waals surface area contributed by atoms with E-state index in [1.54, 1.807) is 18.2 Å². The van der Waals surface area contributed by atoms with Crippen LogP contribution in [0.2, 0.25) is 0 Å². The number of hydrogen-bond acceptors (Lipinski definition) is 5.